The predicted molar refractivity (Wildman–Crippen MR) is 64.1 cm³/mol. The molecule has 1 heterocycles. The summed E-state index contributed by atoms with van der Waals surface area (Å²) in [4.78, 5) is 13.0. The summed E-state index contributed by atoms with van der Waals surface area (Å²) >= 11 is 5.79. The van der Waals surface area contributed by atoms with Crippen LogP contribution in [0.15, 0.2) is 12.3 Å². The number of hydrogen-bond donors (Lipinski definition) is 1. The Bertz CT molecular complexity index is 410. The molecule has 0 aliphatic carbocycles. The molecule has 0 aromatic carbocycles. The molecule has 1 N–H and O–H groups in total. The van der Waals surface area contributed by atoms with E-state index in [0.717, 1.165) is 4.90 Å². The first-order chi connectivity index (χ1) is 8.49. The van der Waals surface area contributed by atoms with E-state index in [4.69, 9.17) is 16.7 Å². The van der Waals surface area contributed by atoms with Crippen LogP contribution in [0.4, 0.5) is 8.78 Å². The number of hydrogen-bond acceptors (Lipinski definition) is 2. The molecule has 4 nitrogen and oxygen atoms in total. The quantitative estimate of drug-likeness (QED) is 0.864. The Hall–Kier alpha value is -1.14. The van der Waals surface area contributed by atoms with Crippen LogP contribution in [0, 0.1) is 0 Å². The minimum Gasteiger partial charge on any atom is -0.395 e. The van der Waals surface area contributed by atoms with Gasteiger partial charge in [-0.1, -0.05) is 11.6 Å². The Kier molecular flexibility index (Phi) is 5.55. The highest BCUT2D eigenvalue weighted by atomic mass is 35.5. The van der Waals surface area contributed by atoms with Gasteiger partial charge < -0.3 is 14.6 Å². The smallest absolute Gasteiger partial charge is 0.270 e. The van der Waals surface area contributed by atoms with Crippen LogP contribution >= 0.6 is 11.6 Å². The van der Waals surface area contributed by atoms with Gasteiger partial charge in [-0.2, -0.15) is 0 Å². The van der Waals surface area contributed by atoms with Gasteiger partial charge in [0.1, 0.15) is 5.69 Å². The molecule has 0 unspecified atom stereocenters. The van der Waals surface area contributed by atoms with Crippen LogP contribution in [-0.2, 0) is 6.54 Å². The molecule has 1 rings (SSSR count). The molecular weight excluding hydrogens is 266 g/mol. The summed E-state index contributed by atoms with van der Waals surface area (Å²) in [5.41, 5.74) is 0.247. The van der Waals surface area contributed by atoms with Crippen LogP contribution < -0.4 is 0 Å². The third-order valence-corrected chi connectivity index (χ3v) is 2.65. The molecule has 0 saturated heterocycles. The maximum atomic E-state index is 12.4. The number of rotatable bonds is 6. The van der Waals surface area contributed by atoms with E-state index in [0.29, 0.717) is 11.6 Å². The summed E-state index contributed by atoms with van der Waals surface area (Å²) in [6.45, 7) is 1.13. The summed E-state index contributed by atoms with van der Waals surface area (Å²) in [5.74, 6) is -0.557. The lowest BCUT2D eigenvalue weighted by atomic mass is 10.3. The number of halogens is 3. The van der Waals surface area contributed by atoms with Crippen LogP contribution in [0.5, 0.6) is 0 Å². The number of nitrogens with zero attached hydrogens (tertiary/aromatic N) is 2. The third kappa shape index (κ3) is 3.68. The van der Waals surface area contributed by atoms with Crippen LogP contribution in [0.3, 0.4) is 0 Å². The topological polar surface area (TPSA) is 45.5 Å². The average Bonchev–Trinajstić information content (AvgIpc) is 2.68. The zero-order valence-corrected chi connectivity index (χ0v) is 10.7. The van der Waals surface area contributed by atoms with Crippen molar-refractivity contribution in [2.75, 3.05) is 19.7 Å². The van der Waals surface area contributed by atoms with Gasteiger partial charge in [0.05, 0.1) is 18.2 Å². The van der Waals surface area contributed by atoms with Crippen LogP contribution in [0.25, 0.3) is 0 Å². The number of aromatic nitrogens is 1. The molecule has 7 heteroatoms. The molecule has 1 aromatic heterocycles. The van der Waals surface area contributed by atoms with Crippen LogP contribution in [-0.4, -0.2) is 46.6 Å². The van der Waals surface area contributed by atoms with Gasteiger partial charge >= 0.3 is 0 Å². The van der Waals surface area contributed by atoms with Crippen LogP contribution in [0.1, 0.15) is 17.4 Å². The fraction of sp³-hybridized carbons (Fsp3) is 0.545. The van der Waals surface area contributed by atoms with E-state index in [9.17, 15) is 13.6 Å². The second-order valence-corrected chi connectivity index (χ2v) is 4.13. The third-order valence-electron chi connectivity index (χ3n) is 2.44. The number of aryl methyl sites for hydroxylation is 1. The Morgan fingerprint density at radius 2 is 2.28 bits per heavy atom. The highest BCUT2D eigenvalue weighted by molar-refractivity contribution is 6.31. The lowest BCUT2D eigenvalue weighted by Gasteiger charge is -2.21. The number of alkyl halides is 2. The number of aliphatic hydroxyl groups is 1. The summed E-state index contributed by atoms with van der Waals surface area (Å²) in [7, 11) is 0. The SMILES string of the molecule is CCn1cc(Cl)cc1C(=O)N(CCO)CC(F)F. The summed E-state index contributed by atoms with van der Waals surface area (Å²) < 4.78 is 26.3. The van der Waals surface area contributed by atoms with E-state index < -0.39 is 18.9 Å². The number of amides is 1. The van der Waals surface area contributed by atoms with Crippen molar-refractivity contribution in [1.29, 1.82) is 0 Å². The molecule has 0 saturated carbocycles. The normalized spacial score (nSPS) is 11.0. The lowest BCUT2D eigenvalue weighted by molar-refractivity contribution is 0.0500. The highest BCUT2D eigenvalue weighted by Crippen LogP contribution is 2.16. The average molecular weight is 281 g/mol. The molecule has 102 valence electrons. The van der Waals surface area contributed by atoms with Gasteiger partial charge in [0.25, 0.3) is 12.3 Å². The van der Waals surface area contributed by atoms with E-state index >= 15 is 0 Å². The first-order valence-electron chi connectivity index (χ1n) is 5.53. The summed E-state index contributed by atoms with van der Waals surface area (Å²) in [6, 6.07) is 1.43. The second kappa shape index (κ2) is 6.70. The van der Waals surface area contributed by atoms with Gasteiger partial charge in [0.15, 0.2) is 0 Å². The van der Waals surface area contributed by atoms with Crippen molar-refractivity contribution in [2.24, 2.45) is 0 Å². The standard InChI is InChI=1S/C11H15ClF2N2O2/c1-2-15-6-8(12)5-9(15)11(18)16(3-4-17)7-10(13)14/h5-6,10,17H,2-4,7H2,1H3. The molecule has 0 radical (unpaired) electrons. The minimum atomic E-state index is -2.64. The molecular formula is C11H15ClF2N2O2. The zero-order chi connectivity index (χ0) is 13.7. The number of carbonyl (C=O) groups is 1. The van der Waals surface area contributed by atoms with Crippen molar-refractivity contribution in [3.63, 3.8) is 0 Å². The van der Waals surface area contributed by atoms with Gasteiger partial charge in [-0.25, -0.2) is 8.78 Å². The molecule has 1 amide bonds. The predicted octanol–water partition coefficient (Wildman–Crippen LogP) is 1.86. The second-order valence-electron chi connectivity index (χ2n) is 3.70. The van der Waals surface area contributed by atoms with E-state index in [2.05, 4.69) is 0 Å². The minimum absolute atomic E-state index is 0.129. The maximum absolute atomic E-state index is 12.4. The van der Waals surface area contributed by atoms with Crippen molar-refractivity contribution < 1.29 is 18.7 Å². The van der Waals surface area contributed by atoms with Gasteiger partial charge in [0, 0.05) is 19.3 Å². The summed E-state index contributed by atoms with van der Waals surface area (Å²) in [5, 5.41) is 9.18. The first kappa shape index (κ1) is 14.9. The first-order valence-corrected chi connectivity index (χ1v) is 5.91. The molecule has 0 atom stereocenters. The summed E-state index contributed by atoms with van der Waals surface area (Å²) in [6.07, 6.45) is -1.07. The Morgan fingerprint density at radius 1 is 1.61 bits per heavy atom. The molecule has 0 bridgehead atoms. The lowest BCUT2D eigenvalue weighted by Crippen LogP contribution is -2.38. The van der Waals surface area contributed by atoms with Crippen molar-refractivity contribution in [3.8, 4) is 0 Å². The monoisotopic (exact) mass is 280 g/mol. The Morgan fingerprint density at radius 3 is 2.78 bits per heavy atom. The molecule has 0 fully saturated rings. The van der Waals surface area contributed by atoms with Crippen molar-refractivity contribution in [1.82, 2.24) is 9.47 Å². The van der Waals surface area contributed by atoms with Gasteiger partial charge in [0.2, 0.25) is 0 Å². The highest BCUT2D eigenvalue weighted by Gasteiger charge is 2.22. The zero-order valence-electron chi connectivity index (χ0n) is 9.94. The van der Waals surface area contributed by atoms with E-state index in [1.165, 1.54) is 6.07 Å². The largest absolute Gasteiger partial charge is 0.395 e. The fourth-order valence-electron chi connectivity index (χ4n) is 1.64. The molecule has 18 heavy (non-hydrogen) atoms. The number of aliphatic hydroxyl groups excluding tert-OH is 1. The Balaban J connectivity index is 2.93. The van der Waals surface area contributed by atoms with Crippen molar-refractivity contribution in [3.05, 3.63) is 23.0 Å². The maximum Gasteiger partial charge on any atom is 0.270 e. The molecule has 0 aliphatic heterocycles. The van der Waals surface area contributed by atoms with Gasteiger partial charge in [-0.05, 0) is 13.0 Å². The van der Waals surface area contributed by atoms with E-state index in [1.807, 2.05) is 6.92 Å². The van der Waals surface area contributed by atoms with Crippen molar-refractivity contribution in [2.45, 2.75) is 19.9 Å². The Labute approximate surface area is 109 Å². The van der Waals surface area contributed by atoms with Crippen LogP contribution in [0.2, 0.25) is 5.02 Å². The fourth-order valence-corrected chi connectivity index (χ4v) is 1.86. The van der Waals surface area contributed by atoms with Gasteiger partial charge in [-0.15, -0.1) is 0 Å². The van der Waals surface area contributed by atoms with E-state index in [-0.39, 0.29) is 18.8 Å². The molecule has 0 aliphatic rings. The molecule has 1 aromatic rings. The number of carbonyl (C=O) groups excluding carboxylic acids is 1. The van der Waals surface area contributed by atoms with Crippen molar-refractivity contribution >= 4 is 17.5 Å². The van der Waals surface area contributed by atoms with E-state index in [1.54, 1.807) is 10.8 Å². The van der Waals surface area contributed by atoms with Gasteiger partial charge in [-0.3, -0.25) is 4.79 Å². The molecule has 0 spiro atoms.